The van der Waals surface area contributed by atoms with Crippen LogP contribution in [0.2, 0.25) is 0 Å². The number of benzene rings is 1. The number of nitrogens with one attached hydrogen (secondary N) is 2. The normalized spacial score (nSPS) is 10.8. The van der Waals surface area contributed by atoms with Crippen LogP contribution in [-0.2, 0) is 16.0 Å². The minimum atomic E-state index is -0.430. The number of hydrogen-bond acceptors (Lipinski definition) is 5. The molecule has 0 fully saturated rings. The fourth-order valence-corrected chi connectivity index (χ4v) is 3.74. The molecule has 174 valence electrons. The average molecular weight is 463 g/mol. The van der Waals surface area contributed by atoms with E-state index in [1.54, 1.807) is 19.2 Å². The number of anilines is 1. The Labute approximate surface area is 192 Å². The lowest BCUT2D eigenvalue weighted by Gasteiger charge is -2.26. The summed E-state index contributed by atoms with van der Waals surface area (Å²) in [6.45, 7) is 6.23. The van der Waals surface area contributed by atoms with E-state index in [2.05, 4.69) is 22.5 Å². The monoisotopic (exact) mass is 462 g/mol. The lowest BCUT2D eigenvalue weighted by molar-refractivity contribution is -0.120. The van der Waals surface area contributed by atoms with E-state index in [0.717, 1.165) is 25.7 Å². The third kappa shape index (κ3) is 8.37. The lowest BCUT2D eigenvalue weighted by atomic mass is 10.1. The van der Waals surface area contributed by atoms with Crippen molar-refractivity contribution in [3.8, 4) is 0 Å². The number of unbranched alkanes of at least 4 members (excludes halogenated alkanes) is 3. The van der Waals surface area contributed by atoms with Gasteiger partial charge >= 0.3 is 0 Å². The summed E-state index contributed by atoms with van der Waals surface area (Å²) in [6.07, 6.45) is 4.52. The van der Waals surface area contributed by atoms with Crippen LogP contribution in [-0.4, -0.2) is 46.7 Å². The predicted molar refractivity (Wildman–Crippen MR) is 124 cm³/mol. The van der Waals surface area contributed by atoms with Gasteiger partial charge in [0.05, 0.1) is 12.1 Å². The van der Waals surface area contributed by atoms with Crippen molar-refractivity contribution in [3.05, 3.63) is 46.7 Å². The molecule has 1 aromatic carbocycles. The third-order valence-corrected chi connectivity index (χ3v) is 5.59. The highest BCUT2D eigenvalue weighted by Crippen LogP contribution is 2.16. The van der Waals surface area contributed by atoms with Crippen molar-refractivity contribution in [2.45, 2.75) is 58.9 Å². The molecule has 32 heavy (non-hydrogen) atoms. The molecule has 0 radical (unpaired) electrons. The first-order valence-electron chi connectivity index (χ1n) is 10.9. The number of hydrogen-bond donors (Lipinski definition) is 2. The van der Waals surface area contributed by atoms with Gasteiger partial charge in [0.25, 0.3) is 5.91 Å². The molecule has 0 saturated heterocycles. The Morgan fingerprint density at radius 2 is 1.81 bits per heavy atom. The second-order valence-corrected chi connectivity index (χ2v) is 8.67. The van der Waals surface area contributed by atoms with Crippen LogP contribution in [0.4, 0.5) is 9.52 Å². The van der Waals surface area contributed by atoms with E-state index in [1.807, 2.05) is 0 Å². The van der Waals surface area contributed by atoms with E-state index < -0.39 is 11.7 Å². The predicted octanol–water partition coefficient (Wildman–Crippen LogP) is 4.01. The number of aromatic nitrogens is 1. The van der Waals surface area contributed by atoms with Gasteiger partial charge in [-0.05, 0) is 44.5 Å². The molecule has 2 aromatic rings. The Morgan fingerprint density at radius 3 is 2.47 bits per heavy atom. The Morgan fingerprint density at radius 1 is 1.09 bits per heavy atom. The zero-order valence-electron chi connectivity index (χ0n) is 18.8. The zero-order valence-corrected chi connectivity index (χ0v) is 19.6. The number of nitrogens with zero attached hydrogens (tertiary/aromatic N) is 2. The molecule has 0 atom stereocenters. The molecule has 0 spiro atoms. The van der Waals surface area contributed by atoms with Crippen LogP contribution < -0.4 is 10.6 Å². The quantitative estimate of drug-likeness (QED) is 0.466. The molecule has 0 bridgehead atoms. The third-order valence-electron chi connectivity index (χ3n) is 4.78. The Balaban J connectivity index is 1.86. The molecule has 2 N–H and O–H groups in total. The standard InChI is InChI=1S/C23H31FN4O3S/c1-4-5-6-7-12-25-20(29)13-19-15-32-23(26-19)27-21(30)14-28(16(2)3)22(31)17-8-10-18(24)11-9-17/h8-11,15-16H,4-7,12-14H2,1-3H3,(H,25,29)(H,26,27,30). The van der Waals surface area contributed by atoms with Crippen LogP contribution in [0.1, 0.15) is 62.5 Å². The summed E-state index contributed by atoms with van der Waals surface area (Å²) in [7, 11) is 0. The van der Waals surface area contributed by atoms with E-state index in [0.29, 0.717) is 22.9 Å². The van der Waals surface area contributed by atoms with Crippen molar-refractivity contribution < 1.29 is 18.8 Å². The highest BCUT2D eigenvalue weighted by Gasteiger charge is 2.22. The number of rotatable bonds is 12. The first kappa shape index (κ1) is 25.5. The van der Waals surface area contributed by atoms with Crippen molar-refractivity contribution >= 4 is 34.2 Å². The fraction of sp³-hybridized carbons (Fsp3) is 0.478. The topological polar surface area (TPSA) is 91.4 Å². The molecule has 9 heteroatoms. The van der Waals surface area contributed by atoms with E-state index in [1.165, 1.54) is 40.5 Å². The molecule has 0 aliphatic heterocycles. The molecule has 0 unspecified atom stereocenters. The average Bonchev–Trinajstić information content (AvgIpc) is 3.18. The largest absolute Gasteiger partial charge is 0.356 e. The van der Waals surface area contributed by atoms with Crippen LogP contribution in [0.5, 0.6) is 0 Å². The number of carbonyl (C=O) groups excluding carboxylic acids is 3. The minimum absolute atomic E-state index is 0.0967. The van der Waals surface area contributed by atoms with Gasteiger partial charge in [0.2, 0.25) is 11.8 Å². The number of carbonyl (C=O) groups is 3. The molecule has 3 amide bonds. The Hall–Kier alpha value is -2.81. The summed E-state index contributed by atoms with van der Waals surface area (Å²) in [6, 6.07) is 4.99. The van der Waals surface area contributed by atoms with Crippen molar-refractivity contribution in [1.82, 2.24) is 15.2 Å². The molecule has 7 nitrogen and oxygen atoms in total. The van der Waals surface area contributed by atoms with E-state index >= 15 is 0 Å². The molecule has 0 aliphatic rings. The van der Waals surface area contributed by atoms with Crippen molar-refractivity contribution in [3.63, 3.8) is 0 Å². The van der Waals surface area contributed by atoms with Gasteiger partial charge in [0.15, 0.2) is 5.13 Å². The molecule has 2 rings (SSSR count). The fourth-order valence-electron chi connectivity index (χ4n) is 3.01. The SMILES string of the molecule is CCCCCCNC(=O)Cc1csc(NC(=O)CN(C(=O)c2ccc(F)cc2)C(C)C)n1. The Bertz CT molecular complexity index is 899. The molecule has 1 heterocycles. The summed E-state index contributed by atoms with van der Waals surface area (Å²) < 4.78 is 13.1. The smallest absolute Gasteiger partial charge is 0.254 e. The van der Waals surface area contributed by atoms with Gasteiger partial charge in [-0.3, -0.25) is 14.4 Å². The van der Waals surface area contributed by atoms with Crippen molar-refractivity contribution in [2.24, 2.45) is 0 Å². The van der Waals surface area contributed by atoms with Crippen LogP contribution in [0, 0.1) is 5.82 Å². The van der Waals surface area contributed by atoms with Crippen molar-refractivity contribution in [2.75, 3.05) is 18.4 Å². The summed E-state index contributed by atoms with van der Waals surface area (Å²) in [5.41, 5.74) is 0.893. The van der Waals surface area contributed by atoms with Gasteiger partial charge in [-0.1, -0.05) is 26.2 Å². The second-order valence-electron chi connectivity index (χ2n) is 7.81. The van der Waals surface area contributed by atoms with E-state index in [4.69, 9.17) is 0 Å². The molecule has 1 aromatic heterocycles. The summed E-state index contributed by atoms with van der Waals surface area (Å²) in [5.74, 6) is -1.28. The van der Waals surface area contributed by atoms with Crippen LogP contribution in [0.25, 0.3) is 0 Å². The molecular formula is C23H31FN4O3S. The van der Waals surface area contributed by atoms with Gasteiger partial charge in [-0.25, -0.2) is 9.37 Å². The molecule has 0 aliphatic carbocycles. The maximum atomic E-state index is 13.1. The lowest BCUT2D eigenvalue weighted by Crippen LogP contribution is -2.42. The van der Waals surface area contributed by atoms with Gasteiger partial charge < -0.3 is 15.5 Å². The summed E-state index contributed by atoms with van der Waals surface area (Å²) >= 11 is 1.23. The number of halogens is 1. The van der Waals surface area contributed by atoms with Crippen molar-refractivity contribution in [1.29, 1.82) is 0 Å². The first-order chi connectivity index (χ1) is 15.3. The maximum Gasteiger partial charge on any atom is 0.254 e. The van der Waals surface area contributed by atoms with E-state index in [9.17, 15) is 18.8 Å². The van der Waals surface area contributed by atoms with Gasteiger partial charge in [-0.2, -0.15) is 0 Å². The van der Waals surface area contributed by atoms with E-state index in [-0.39, 0.29) is 30.8 Å². The summed E-state index contributed by atoms with van der Waals surface area (Å²) in [5, 5.41) is 7.67. The second kappa shape index (κ2) is 12.9. The van der Waals surface area contributed by atoms with Gasteiger partial charge in [-0.15, -0.1) is 11.3 Å². The van der Waals surface area contributed by atoms with Crippen LogP contribution >= 0.6 is 11.3 Å². The zero-order chi connectivity index (χ0) is 23.5. The van der Waals surface area contributed by atoms with Gasteiger partial charge in [0.1, 0.15) is 12.4 Å². The number of thiazole rings is 1. The number of amides is 3. The minimum Gasteiger partial charge on any atom is -0.356 e. The van der Waals surface area contributed by atoms with Crippen LogP contribution in [0.3, 0.4) is 0 Å². The first-order valence-corrected chi connectivity index (χ1v) is 11.8. The highest BCUT2D eigenvalue weighted by molar-refractivity contribution is 7.13. The highest BCUT2D eigenvalue weighted by atomic mass is 32.1. The Kier molecular flexibility index (Phi) is 10.3. The molecule has 0 saturated carbocycles. The maximum absolute atomic E-state index is 13.1. The summed E-state index contributed by atoms with van der Waals surface area (Å²) in [4.78, 5) is 42.9. The van der Waals surface area contributed by atoms with Gasteiger partial charge in [0, 0.05) is 23.5 Å². The van der Waals surface area contributed by atoms with Crippen LogP contribution in [0.15, 0.2) is 29.6 Å². The molecular weight excluding hydrogens is 431 g/mol.